The van der Waals surface area contributed by atoms with Crippen LogP contribution >= 0.6 is 0 Å². The number of anilines is 1. The Balaban J connectivity index is 1.56. The molecule has 1 aromatic rings. The van der Waals surface area contributed by atoms with E-state index in [1.807, 2.05) is 13.0 Å². The summed E-state index contributed by atoms with van der Waals surface area (Å²) in [6.45, 7) is 3.57. The van der Waals surface area contributed by atoms with Gasteiger partial charge in [-0.15, -0.1) is 0 Å². The zero-order chi connectivity index (χ0) is 20.8. The van der Waals surface area contributed by atoms with Crippen molar-refractivity contribution in [1.29, 1.82) is 0 Å². The number of fused-ring (bicyclic) bond motifs is 1. The number of amides is 4. The standard InChI is InChI=1S/C20H26N4O5/c1-2-3-11-29-20(28)22-10-9-21-15-6-4-5-13-14(15)12-24(19(13)27)16-7-8-17(25)23-18(16)26/h4-6,16,21H,2-3,7-12H2,1H3,(H,22,28)(H,23,25,26). The van der Waals surface area contributed by atoms with E-state index in [1.165, 1.54) is 4.90 Å². The predicted octanol–water partition coefficient (Wildman–Crippen LogP) is 1.39. The minimum absolute atomic E-state index is 0.212. The second-order valence-corrected chi connectivity index (χ2v) is 7.07. The van der Waals surface area contributed by atoms with Gasteiger partial charge in [0.05, 0.1) is 6.61 Å². The fraction of sp³-hybridized carbons (Fsp3) is 0.500. The first-order valence-electron chi connectivity index (χ1n) is 9.92. The first-order valence-corrected chi connectivity index (χ1v) is 9.92. The molecule has 9 heteroatoms. The topological polar surface area (TPSA) is 117 Å². The van der Waals surface area contributed by atoms with Crippen LogP contribution in [0.15, 0.2) is 18.2 Å². The van der Waals surface area contributed by atoms with Crippen LogP contribution in [0.2, 0.25) is 0 Å². The van der Waals surface area contributed by atoms with E-state index in [-0.39, 0.29) is 18.2 Å². The molecule has 1 saturated heterocycles. The van der Waals surface area contributed by atoms with Crippen molar-refractivity contribution in [1.82, 2.24) is 15.5 Å². The second kappa shape index (κ2) is 9.40. The minimum Gasteiger partial charge on any atom is -0.450 e. The number of nitrogens with zero attached hydrogens (tertiary/aromatic N) is 1. The molecule has 2 aliphatic rings. The normalized spacial score (nSPS) is 18.3. The maximum Gasteiger partial charge on any atom is 0.407 e. The van der Waals surface area contributed by atoms with Gasteiger partial charge in [-0.25, -0.2) is 4.79 Å². The third kappa shape index (κ3) is 4.85. The van der Waals surface area contributed by atoms with E-state index in [9.17, 15) is 19.2 Å². The number of ether oxygens (including phenoxy) is 1. The zero-order valence-corrected chi connectivity index (χ0v) is 16.5. The average molecular weight is 402 g/mol. The van der Waals surface area contributed by atoms with Crippen LogP contribution in [0.25, 0.3) is 0 Å². The van der Waals surface area contributed by atoms with Crippen molar-refractivity contribution in [2.45, 2.75) is 45.2 Å². The van der Waals surface area contributed by atoms with Gasteiger partial charge in [0.25, 0.3) is 5.91 Å². The van der Waals surface area contributed by atoms with Crippen LogP contribution in [0.4, 0.5) is 10.5 Å². The molecule has 9 nitrogen and oxygen atoms in total. The van der Waals surface area contributed by atoms with Crippen LogP contribution in [0.1, 0.15) is 48.5 Å². The summed E-state index contributed by atoms with van der Waals surface area (Å²) < 4.78 is 5.03. The largest absolute Gasteiger partial charge is 0.450 e. The number of imide groups is 1. The summed E-state index contributed by atoms with van der Waals surface area (Å²) in [5, 5.41) is 8.20. The lowest BCUT2D eigenvalue weighted by molar-refractivity contribution is -0.136. The molecule has 0 radical (unpaired) electrons. The molecular weight excluding hydrogens is 376 g/mol. The van der Waals surface area contributed by atoms with Crippen LogP contribution in [0.5, 0.6) is 0 Å². The van der Waals surface area contributed by atoms with E-state index in [2.05, 4.69) is 16.0 Å². The lowest BCUT2D eigenvalue weighted by Crippen LogP contribution is -2.52. The lowest BCUT2D eigenvalue weighted by atomic mass is 10.0. The first kappa shape index (κ1) is 20.6. The van der Waals surface area contributed by atoms with Crippen molar-refractivity contribution in [2.24, 2.45) is 0 Å². The lowest BCUT2D eigenvalue weighted by Gasteiger charge is -2.29. The third-order valence-electron chi connectivity index (χ3n) is 5.02. The van der Waals surface area contributed by atoms with E-state index in [1.54, 1.807) is 12.1 Å². The summed E-state index contributed by atoms with van der Waals surface area (Å²) in [5.74, 6) is -0.947. The van der Waals surface area contributed by atoms with Gasteiger partial charge in [-0.3, -0.25) is 19.7 Å². The molecule has 0 aliphatic carbocycles. The predicted molar refractivity (Wildman–Crippen MR) is 105 cm³/mol. The van der Waals surface area contributed by atoms with Gasteiger partial charge in [0, 0.05) is 42.9 Å². The molecule has 0 aromatic heterocycles. The molecule has 0 saturated carbocycles. The highest BCUT2D eigenvalue weighted by molar-refractivity contribution is 6.06. The molecule has 1 fully saturated rings. The molecule has 1 atom stereocenters. The van der Waals surface area contributed by atoms with Crippen molar-refractivity contribution in [2.75, 3.05) is 25.0 Å². The number of carbonyl (C=O) groups excluding carboxylic acids is 4. The van der Waals surface area contributed by atoms with Crippen LogP contribution in [0.3, 0.4) is 0 Å². The van der Waals surface area contributed by atoms with Crippen LogP contribution in [-0.2, 0) is 20.9 Å². The van der Waals surface area contributed by atoms with E-state index < -0.39 is 18.0 Å². The molecule has 0 spiro atoms. The van der Waals surface area contributed by atoms with E-state index in [4.69, 9.17) is 4.74 Å². The van der Waals surface area contributed by atoms with Crippen molar-refractivity contribution in [3.8, 4) is 0 Å². The molecular formula is C20H26N4O5. The van der Waals surface area contributed by atoms with Gasteiger partial charge in [0.15, 0.2) is 0 Å². The van der Waals surface area contributed by atoms with Gasteiger partial charge >= 0.3 is 6.09 Å². The summed E-state index contributed by atoms with van der Waals surface area (Å²) in [7, 11) is 0. The van der Waals surface area contributed by atoms with Gasteiger partial charge in [-0.05, 0) is 25.0 Å². The molecule has 29 heavy (non-hydrogen) atoms. The number of unbranched alkanes of at least 4 members (excludes halogenated alkanes) is 1. The van der Waals surface area contributed by atoms with E-state index in [0.717, 1.165) is 24.1 Å². The Kier molecular flexibility index (Phi) is 6.69. The Morgan fingerprint density at radius 3 is 2.86 bits per heavy atom. The van der Waals surface area contributed by atoms with Crippen LogP contribution in [0, 0.1) is 0 Å². The number of nitrogens with one attached hydrogen (secondary N) is 3. The summed E-state index contributed by atoms with van der Waals surface area (Å²) in [6.07, 6.45) is 1.90. The molecule has 4 amide bonds. The molecule has 3 rings (SSSR count). The smallest absolute Gasteiger partial charge is 0.407 e. The number of benzene rings is 1. The third-order valence-corrected chi connectivity index (χ3v) is 5.02. The number of alkyl carbamates (subject to hydrolysis) is 1. The summed E-state index contributed by atoms with van der Waals surface area (Å²) in [6, 6.07) is 4.73. The summed E-state index contributed by atoms with van der Waals surface area (Å²) in [4.78, 5) is 49.4. The Bertz CT molecular complexity index is 810. The molecule has 0 bridgehead atoms. The van der Waals surface area contributed by atoms with Crippen molar-refractivity contribution < 1.29 is 23.9 Å². The highest BCUT2D eigenvalue weighted by atomic mass is 16.5. The van der Waals surface area contributed by atoms with Gasteiger partial charge in [-0.2, -0.15) is 0 Å². The molecule has 2 aliphatic heterocycles. The van der Waals surface area contributed by atoms with Crippen LogP contribution in [-0.4, -0.2) is 54.5 Å². The molecule has 1 unspecified atom stereocenters. The number of rotatable bonds is 8. The fourth-order valence-electron chi connectivity index (χ4n) is 3.47. The van der Waals surface area contributed by atoms with Crippen molar-refractivity contribution >= 4 is 29.5 Å². The quantitative estimate of drug-likeness (QED) is 0.447. The maximum absolute atomic E-state index is 12.8. The Morgan fingerprint density at radius 2 is 2.10 bits per heavy atom. The van der Waals surface area contributed by atoms with E-state index >= 15 is 0 Å². The Morgan fingerprint density at radius 1 is 1.28 bits per heavy atom. The minimum atomic E-state index is -0.639. The molecule has 156 valence electrons. The second-order valence-electron chi connectivity index (χ2n) is 7.07. The Labute approximate surface area is 169 Å². The average Bonchev–Trinajstić information content (AvgIpc) is 3.03. The molecule has 1 aromatic carbocycles. The number of piperidine rings is 1. The van der Waals surface area contributed by atoms with E-state index in [0.29, 0.717) is 38.2 Å². The molecule has 2 heterocycles. The highest BCUT2D eigenvalue weighted by Crippen LogP contribution is 2.32. The molecule has 3 N–H and O–H groups in total. The number of hydrogen-bond acceptors (Lipinski definition) is 6. The Hall–Kier alpha value is -3.10. The number of carbonyl (C=O) groups is 4. The van der Waals surface area contributed by atoms with Crippen molar-refractivity contribution in [3.63, 3.8) is 0 Å². The van der Waals surface area contributed by atoms with Gasteiger partial charge in [0.2, 0.25) is 11.8 Å². The van der Waals surface area contributed by atoms with Crippen LogP contribution < -0.4 is 16.0 Å². The van der Waals surface area contributed by atoms with Gasteiger partial charge in [0.1, 0.15) is 6.04 Å². The fourth-order valence-corrected chi connectivity index (χ4v) is 3.47. The SMILES string of the molecule is CCCCOC(=O)NCCNc1cccc2c1CN(C1CCC(=O)NC1=O)C2=O. The van der Waals surface area contributed by atoms with Crippen molar-refractivity contribution in [3.05, 3.63) is 29.3 Å². The maximum atomic E-state index is 12.8. The summed E-state index contributed by atoms with van der Waals surface area (Å²) >= 11 is 0. The van der Waals surface area contributed by atoms with Gasteiger partial charge < -0.3 is 20.3 Å². The van der Waals surface area contributed by atoms with Gasteiger partial charge in [-0.1, -0.05) is 19.4 Å². The summed E-state index contributed by atoms with van der Waals surface area (Å²) in [5.41, 5.74) is 2.14. The zero-order valence-electron chi connectivity index (χ0n) is 16.5. The first-order chi connectivity index (χ1) is 14.0. The highest BCUT2D eigenvalue weighted by Gasteiger charge is 2.39. The monoisotopic (exact) mass is 402 g/mol. The number of hydrogen-bond donors (Lipinski definition) is 3.